The minimum atomic E-state index is 0.275. The summed E-state index contributed by atoms with van der Waals surface area (Å²) in [4.78, 5) is 4.01. The first kappa shape index (κ1) is 9.47. The fraction of sp³-hybridized carbons (Fsp3) is 0.364. The van der Waals surface area contributed by atoms with Crippen LogP contribution in [0.15, 0.2) is 24.5 Å². The third kappa shape index (κ3) is 1.40. The minimum absolute atomic E-state index is 0.275. The van der Waals surface area contributed by atoms with Crippen LogP contribution in [0.4, 0.5) is 0 Å². The highest BCUT2D eigenvalue weighted by Crippen LogP contribution is 2.22. The van der Waals surface area contributed by atoms with Gasteiger partial charge in [0.15, 0.2) is 5.82 Å². The van der Waals surface area contributed by atoms with Gasteiger partial charge in [-0.2, -0.15) is 0 Å². The first-order chi connectivity index (χ1) is 7.86. The summed E-state index contributed by atoms with van der Waals surface area (Å²) in [5.74, 6) is 1.95. The molecule has 0 spiro atoms. The van der Waals surface area contributed by atoms with Crippen molar-refractivity contribution in [1.29, 1.82) is 0 Å². The van der Waals surface area contributed by atoms with Crippen LogP contribution in [0.25, 0.3) is 11.4 Å². The summed E-state index contributed by atoms with van der Waals surface area (Å²) < 4.78 is 2.18. The standard InChI is InChI=1S/C11H13N5/c1-8-10-14-15-11(16(10)7-6-13-8)9-2-4-12-5-3-9/h2-5,8,13H,6-7H2,1H3. The second kappa shape index (κ2) is 3.68. The van der Waals surface area contributed by atoms with Crippen molar-refractivity contribution in [2.24, 2.45) is 0 Å². The molecule has 1 atom stereocenters. The Hall–Kier alpha value is -1.75. The van der Waals surface area contributed by atoms with Gasteiger partial charge in [0.1, 0.15) is 5.82 Å². The zero-order chi connectivity index (χ0) is 11.0. The maximum atomic E-state index is 4.26. The van der Waals surface area contributed by atoms with Gasteiger partial charge in [-0.15, -0.1) is 10.2 Å². The SMILES string of the molecule is CC1NCCn2c(-c3ccncc3)nnc21. The molecule has 2 aromatic rings. The van der Waals surface area contributed by atoms with Crippen LogP contribution >= 0.6 is 0 Å². The molecule has 0 aliphatic carbocycles. The summed E-state index contributed by atoms with van der Waals surface area (Å²) >= 11 is 0. The van der Waals surface area contributed by atoms with Crippen molar-refractivity contribution in [2.75, 3.05) is 6.54 Å². The first-order valence-corrected chi connectivity index (χ1v) is 5.43. The minimum Gasteiger partial charge on any atom is -0.308 e. The molecule has 5 nitrogen and oxygen atoms in total. The molecule has 1 aliphatic rings. The molecule has 0 aromatic carbocycles. The van der Waals surface area contributed by atoms with Gasteiger partial charge in [-0.25, -0.2) is 0 Å². The van der Waals surface area contributed by atoms with Crippen molar-refractivity contribution in [3.63, 3.8) is 0 Å². The van der Waals surface area contributed by atoms with Crippen molar-refractivity contribution in [3.05, 3.63) is 30.4 Å². The van der Waals surface area contributed by atoms with E-state index in [1.807, 2.05) is 12.1 Å². The van der Waals surface area contributed by atoms with Gasteiger partial charge < -0.3 is 9.88 Å². The number of aromatic nitrogens is 4. The maximum Gasteiger partial charge on any atom is 0.164 e. The number of nitrogens with one attached hydrogen (secondary N) is 1. The molecular weight excluding hydrogens is 202 g/mol. The lowest BCUT2D eigenvalue weighted by Crippen LogP contribution is -2.32. The number of pyridine rings is 1. The molecule has 2 aromatic heterocycles. The van der Waals surface area contributed by atoms with Crippen molar-refractivity contribution < 1.29 is 0 Å². The second-order valence-corrected chi connectivity index (χ2v) is 3.95. The van der Waals surface area contributed by atoms with E-state index < -0.39 is 0 Å². The van der Waals surface area contributed by atoms with Gasteiger partial charge in [0.2, 0.25) is 0 Å². The topological polar surface area (TPSA) is 55.6 Å². The summed E-state index contributed by atoms with van der Waals surface area (Å²) in [7, 11) is 0. The van der Waals surface area contributed by atoms with E-state index in [-0.39, 0.29) is 6.04 Å². The molecule has 0 bridgehead atoms. The monoisotopic (exact) mass is 215 g/mol. The van der Waals surface area contributed by atoms with Crippen molar-refractivity contribution in [2.45, 2.75) is 19.5 Å². The summed E-state index contributed by atoms with van der Waals surface area (Å²) in [5.41, 5.74) is 1.07. The van der Waals surface area contributed by atoms with E-state index in [9.17, 15) is 0 Å². The van der Waals surface area contributed by atoms with Crippen molar-refractivity contribution in [1.82, 2.24) is 25.1 Å². The summed E-state index contributed by atoms with van der Waals surface area (Å²) in [6.07, 6.45) is 3.56. The predicted octanol–water partition coefficient (Wildman–Crippen LogP) is 1.00. The number of hydrogen-bond donors (Lipinski definition) is 1. The zero-order valence-electron chi connectivity index (χ0n) is 9.09. The molecular formula is C11H13N5. The van der Waals surface area contributed by atoms with E-state index in [0.717, 1.165) is 30.3 Å². The molecule has 1 N–H and O–H groups in total. The quantitative estimate of drug-likeness (QED) is 0.771. The Morgan fingerprint density at radius 3 is 2.94 bits per heavy atom. The zero-order valence-corrected chi connectivity index (χ0v) is 9.09. The van der Waals surface area contributed by atoms with Gasteiger partial charge in [0, 0.05) is 31.0 Å². The molecule has 16 heavy (non-hydrogen) atoms. The van der Waals surface area contributed by atoms with Crippen LogP contribution in [-0.4, -0.2) is 26.3 Å². The molecule has 0 saturated heterocycles. The average molecular weight is 215 g/mol. The second-order valence-electron chi connectivity index (χ2n) is 3.95. The molecule has 82 valence electrons. The van der Waals surface area contributed by atoms with Crippen molar-refractivity contribution >= 4 is 0 Å². The molecule has 5 heteroatoms. The van der Waals surface area contributed by atoms with Crippen LogP contribution in [-0.2, 0) is 6.54 Å². The van der Waals surface area contributed by atoms with Gasteiger partial charge in [-0.3, -0.25) is 4.98 Å². The van der Waals surface area contributed by atoms with Crippen LogP contribution < -0.4 is 5.32 Å². The Kier molecular flexibility index (Phi) is 2.18. The Bertz CT molecular complexity index is 490. The Morgan fingerprint density at radius 1 is 1.31 bits per heavy atom. The molecule has 0 amide bonds. The highest BCUT2D eigenvalue weighted by molar-refractivity contribution is 5.54. The Labute approximate surface area is 93.5 Å². The van der Waals surface area contributed by atoms with Crippen LogP contribution in [0.5, 0.6) is 0 Å². The third-order valence-corrected chi connectivity index (χ3v) is 2.89. The van der Waals surface area contributed by atoms with E-state index in [1.54, 1.807) is 12.4 Å². The van der Waals surface area contributed by atoms with Gasteiger partial charge in [0.25, 0.3) is 0 Å². The van der Waals surface area contributed by atoms with Crippen LogP contribution in [0.2, 0.25) is 0 Å². The fourth-order valence-corrected chi connectivity index (χ4v) is 2.05. The van der Waals surface area contributed by atoms with E-state index >= 15 is 0 Å². The summed E-state index contributed by atoms with van der Waals surface area (Å²) in [6.45, 7) is 3.99. The molecule has 1 aliphatic heterocycles. The molecule has 0 radical (unpaired) electrons. The number of nitrogens with zero attached hydrogens (tertiary/aromatic N) is 4. The smallest absolute Gasteiger partial charge is 0.164 e. The third-order valence-electron chi connectivity index (χ3n) is 2.89. The number of rotatable bonds is 1. The summed E-state index contributed by atoms with van der Waals surface area (Å²) in [6, 6.07) is 4.20. The van der Waals surface area contributed by atoms with Crippen LogP contribution in [0.1, 0.15) is 18.8 Å². The van der Waals surface area contributed by atoms with Gasteiger partial charge in [-0.1, -0.05) is 0 Å². The largest absolute Gasteiger partial charge is 0.308 e. The number of fused-ring (bicyclic) bond motifs is 1. The lowest BCUT2D eigenvalue weighted by Gasteiger charge is -2.21. The molecule has 1 unspecified atom stereocenters. The lowest BCUT2D eigenvalue weighted by atomic mass is 10.2. The highest BCUT2D eigenvalue weighted by atomic mass is 15.3. The normalized spacial score (nSPS) is 19.4. The van der Waals surface area contributed by atoms with E-state index in [2.05, 4.69) is 32.0 Å². The van der Waals surface area contributed by atoms with Crippen LogP contribution in [0.3, 0.4) is 0 Å². The fourth-order valence-electron chi connectivity index (χ4n) is 2.05. The van der Waals surface area contributed by atoms with Gasteiger partial charge >= 0.3 is 0 Å². The van der Waals surface area contributed by atoms with Crippen molar-refractivity contribution in [3.8, 4) is 11.4 Å². The van der Waals surface area contributed by atoms with Crippen LogP contribution in [0, 0.1) is 0 Å². The Balaban J connectivity index is 2.10. The molecule has 3 rings (SSSR count). The highest BCUT2D eigenvalue weighted by Gasteiger charge is 2.21. The predicted molar refractivity (Wildman–Crippen MR) is 59.7 cm³/mol. The average Bonchev–Trinajstić information content (AvgIpc) is 2.75. The molecule has 0 saturated carbocycles. The van der Waals surface area contributed by atoms with Gasteiger partial charge in [0.05, 0.1) is 6.04 Å². The maximum absolute atomic E-state index is 4.26. The Morgan fingerprint density at radius 2 is 2.12 bits per heavy atom. The molecule has 0 fully saturated rings. The molecule has 3 heterocycles. The lowest BCUT2D eigenvalue weighted by molar-refractivity contribution is 0.439. The van der Waals surface area contributed by atoms with Gasteiger partial charge in [-0.05, 0) is 19.1 Å². The van der Waals surface area contributed by atoms with E-state index in [0.29, 0.717) is 0 Å². The number of hydrogen-bond acceptors (Lipinski definition) is 4. The first-order valence-electron chi connectivity index (χ1n) is 5.43. The van der Waals surface area contributed by atoms with E-state index in [1.165, 1.54) is 0 Å². The summed E-state index contributed by atoms with van der Waals surface area (Å²) in [5, 5.41) is 11.9. The van der Waals surface area contributed by atoms with E-state index in [4.69, 9.17) is 0 Å².